The third kappa shape index (κ3) is 4.30. The van der Waals surface area contributed by atoms with Gasteiger partial charge in [0.1, 0.15) is 29.2 Å². The maximum atomic E-state index is 13.2. The second-order valence-electron chi connectivity index (χ2n) is 9.25. The van der Waals surface area contributed by atoms with E-state index < -0.39 is 17.8 Å². The SMILES string of the molecule is Cc1ccc(NC(=O)N[C@H]2[C@H]3Oc4ccc(Oc5ccnc6c5CCC(=O)N6)cc4[C@@H]23)cc1C(F)(F)F. The van der Waals surface area contributed by atoms with Crippen LogP contribution in [0.1, 0.15) is 34.6 Å². The Morgan fingerprint density at radius 1 is 1.16 bits per heavy atom. The number of amides is 3. The number of pyridine rings is 1. The minimum atomic E-state index is -4.51. The number of alkyl halides is 3. The van der Waals surface area contributed by atoms with E-state index in [9.17, 15) is 22.8 Å². The van der Waals surface area contributed by atoms with Crippen LogP contribution in [0.5, 0.6) is 17.2 Å². The van der Waals surface area contributed by atoms with E-state index in [1.807, 2.05) is 6.07 Å². The van der Waals surface area contributed by atoms with Crippen LogP contribution in [0.2, 0.25) is 0 Å². The summed E-state index contributed by atoms with van der Waals surface area (Å²) in [5, 5.41) is 8.01. The van der Waals surface area contributed by atoms with Gasteiger partial charge < -0.3 is 25.4 Å². The number of anilines is 2. The van der Waals surface area contributed by atoms with Crippen LogP contribution < -0.4 is 25.4 Å². The van der Waals surface area contributed by atoms with Gasteiger partial charge in [0.15, 0.2) is 0 Å². The highest BCUT2D eigenvalue weighted by molar-refractivity contribution is 5.93. The van der Waals surface area contributed by atoms with Crippen molar-refractivity contribution in [3.8, 4) is 17.2 Å². The number of nitrogens with one attached hydrogen (secondary N) is 3. The Balaban J connectivity index is 1.13. The Hall–Kier alpha value is -4.28. The fourth-order valence-corrected chi connectivity index (χ4v) is 4.88. The van der Waals surface area contributed by atoms with Gasteiger partial charge in [0.05, 0.1) is 17.5 Å². The number of urea groups is 1. The molecule has 8 nitrogen and oxygen atoms in total. The van der Waals surface area contributed by atoms with Crippen molar-refractivity contribution in [1.82, 2.24) is 10.3 Å². The van der Waals surface area contributed by atoms with Crippen LogP contribution in [-0.4, -0.2) is 29.1 Å². The first kappa shape index (κ1) is 23.1. The van der Waals surface area contributed by atoms with E-state index in [2.05, 4.69) is 20.9 Å². The third-order valence-electron chi connectivity index (χ3n) is 6.76. The van der Waals surface area contributed by atoms with Gasteiger partial charge in [-0.05, 0) is 55.3 Å². The lowest BCUT2D eigenvalue weighted by atomic mass is 10.1. The van der Waals surface area contributed by atoms with Gasteiger partial charge >= 0.3 is 12.2 Å². The Morgan fingerprint density at radius 2 is 2.00 bits per heavy atom. The predicted octanol–water partition coefficient (Wildman–Crippen LogP) is 5.13. The van der Waals surface area contributed by atoms with Gasteiger partial charge in [0, 0.05) is 29.4 Å². The molecule has 0 bridgehead atoms. The summed E-state index contributed by atoms with van der Waals surface area (Å²) in [6.07, 6.45) is -2.32. The fraction of sp³-hybridized carbons (Fsp3) is 0.269. The molecule has 0 radical (unpaired) electrons. The van der Waals surface area contributed by atoms with Crippen molar-refractivity contribution in [3.05, 3.63) is 70.9 Å². The second-order valence-corrected chi connectivity index (χ2v) is 9.25. The molecule has 190 valence electrons. The molecule has 2 aliphatic heterocycles. The molecule has 0 spiro atoms. The number of benzene rings is 2. The first-order valence-electron chi connectivity index (χ1n) is 11.7. The molecule has 11 heteroatoms. The minimum absolute atomic E-state index is 0.0510. The molecular formula is C26H21F3N4O4. The maximum Gasteiger partial charge on any atom is 0.416 e. The summed E-state index contributed by atoms with van der Waals surface area (Å²) < 4.78 is 51.6. The largest absolute Gasteiger partial charge is 0.487 e. The van der Waals surface area contributed by atoms with Crippen molar-refractivity contribution in [2.24, 2.45) is 0 Å². The van der Waals surface area contributed by atoms with Crippen molar-refractivity contribution in [2.75, 3.05) is 10.6 Å². The van der Waals surface area contributed by atoms with E-state index in [4.69, 9.17) is 9.47 Å². The van der Waals surface area contributed by atoms with Crippen molar-refractivity contribution in [1.29, 1.82) is 0 Å². The molecule has 0 unspecified atom stereocenters. The summed E-state index contributed by atoms with van der Waals surface area (Å²) in [6, 6.07) is 9.90. The first-order valence-corrected chi connectivity index (χ1v) is 11.7. The van der Waals surface area contributed by atoms with Crippen LogP contribution in [0, 0.1) is 6.92 Å². The van der Waals surface area contributed by atoms with Crippen LogP contribution in [0.3, 0.4) is 0 Å². The normalized spacial score (nSPS) is 21.1. The molecule has 1 fully saturated rings. The zero-order chi connectivity index (χ0) is 25.9. The summed E-state index contributed by atoms with van der Waals surface area (Å²) in [5.41, 5.74) is 1.03. The lowest BCUT2D eigenvalue weighted by Crippen LogP contribution is -2.34. The summed E-state index contributed by atoms with van der Waals surface area (Å²) in [7, 11) is 0. The van der Waals surface area contributed by atoms with Crippen LogP contribution in [0.4, 0.5) is 29.5 Å². The summed E-state index contributed by atoms with van der Waals surface area (Å²) in [5.74, 6) is 2.17. The molecule has 1 saturated carbocycles. The molecule has 6 rings (SSSR count). The zero-order valence-corrected chi connectivity index (χ0v) is 19.5. The van der Waals surface area contributed by atoms with E-state index in [1.165, 1.54) is 19.1 Å². The molecule has 3 N–H and O–H groups in total. The van der Waals surface area contributed by atoms with E-state index in [0.29, 0.717) is 35.9 Å². The molecule has 3 amide bonds. The summed E-state index contributed by atoms with van der Waals surface area (Å²) in [4.78, 5) is 28.4. The summed E-state index contributed by atoms with van der Waals surface area (Å²) >= 11 is 0. The molecule has 3 atom stereocenters. The Morgan fingerprint density at radius 3 is 2.81 bits per heavy atom. The average Bonchev–Trinajstić information content (AvgIpc) is 3.35. The van der Waals surface area contributed by atoms with Crippen molar-refractivity contribution < 1.29 is 32.2 Å². The number of aryl methyl sites for hydroxylation is 1. The number of rotatable bonds is 4. The van der Waals surface area contributed by atoms with E-state index in [1.54, 1.807) is 24.4 Å². The van der Waals surface area contributed by atoms with Gasteiger partial charge in [0.25, 0.3) is 0 Å². The molecular weight excluding hydrogens is 489 g/mol. The monoisotopic (exact) mass is 510 g/mol. The molecule has 1 aliphatic carbocycles. The molecule has 3 aliphatic rings. The second kappa shape index (κ2) is 8.39. The highest BCUT2D eigenvalue weighted by atomic mass is 19.4. The zero-order valence-electron chi connectivity index (χ0n) is 19.5. The highest BCUT2D eigenvalue weighted by Gasteiger charge is 2.59. The van der Waals surface area contributed by atoms with Crippen molar-refractivity contribution in [3.63, 3.8) is 0 Å². The molecule has 3 aromatic rings. The standard InChI is InChI=1S/C26H21F3N4O4/c1-12-2-3-13(10-17(12)26(27,28)29)31-25(35)33-22-21-16-11-14(4-6-18(16)37-23(21)22)36-19-8-9-30-24-15(19)5-7-20(34)32-24/h2-4,6,8-11,21-23H,5,7H2,1H3,(H,30,32,34)(H2,31,33,35)/t21-,22+,23-/m0/s1. The van der Waals surface area contributed by atoms with Gasteiger partial charge in [-0.25, -0.2) is 9.78 Å². The fourth-order valence-electron chi connectivity index (χ4n) is 4.88. The topological polar surface area (TPSA) is 102 Å². The molecule has 3 heterocycles. The van der Waals surface area contributed by atoms with Gasteiger partial charge in [0.2, 0.25) is 5.91 Å². The van der Waals surface area contributed by atoms with Crippen molar-refractivity contribution in [2.45, 2.75) is 44.0 Å². The number of ether oxygens (including phenoxy) is 2. The molecule has 1 aromatic heterocycles. The minimum Gasteiger partial charge on any atom is -0.487 e. The number of hydrogen-bond donors (Lipinski definition) is 3. The maximum absolute atomic E-state index is 13.2. The number of carbonyl (C=O) groups is 2. The molecule has 2 aromatic carbocycles. The number of carbonyl (C=O) groups excluding carboxylic acids is 2. The molecule has 37 heavy (non-hydrogen) atoms. The number of fused-ring (bicyclic) bond motifs is 4. The predicted molar refractivity (Wildman–Crippen MR) is 127 cm³/mol. The summed E-state index contributed by atoms with van der Waals surface area (Å²) in [6.45, 7) is 1.37. The highest BCUT2D eigenvalue weighted by Crippen LogP contribution is 2.54. The first-order chi connectivity index (χ1) is 17.7. The molecule has 0 saturated heterocycles. The van der Waals surface area contributed by atoms with Gasteiger partial charge in [-0.3, -0.25) is 4.79 Å². The van der Waals surface area contributed by atoms with Crippen LogP contribution >= 0.6 is 0 Å². The lowest BCUT2D eigenvalue weighted by Gasteiger charge is -2.19. The Bertz CT molecular complexity index is 1440. The van der Waals surface area contributed by atoms with Gasteiger partial charge in [-0.15, -0.1) is 0 Å². The smallest absolute Gasteiger partial charge is 0.416 e. The average molecular weight is 510 g/mol. The van der Waals surface area contributed by atoms with E-state index in [-0.39, 0.29) is 35.2 Å². The van der Waals surface area contributed by atoms with Crippen LogP contribution in [-0.2, 0) is 17.4 Å². The van der Waals surface area contributed by atoms with E-state index in [0.717, 1.165) is 17.2 Å². The van der Waals surface area contributed by atoms with Crippen LogP contribution in [0.15, 0.2) is 48.7 Å². The van der Waals surface area contributed by atoms with Gasteiger partial charge in [-0.2, -0.15) is 13.2 Å². The van der Waals surface area contributed by atoms with Crippen molar-refractivity contribution >= 4 is 23.4 Å². The number of hydrogen-bond acceptors (Lipinski definition) is 5. The van der Waals surface area contributed by atoms with Crippen LogP contribution in [0.25, 0.3) is 0 Å². The lowest BCUT2D eigenvalue weighted by molar-refractivity contribution is -0.138. The van der Waals surface area contributed by atoms with Gasteiger partial charge in [-0.1, -0.05) is 6.07 Å². The Kier molecular flexibility index (Phi) is 5.25. The number of nitrogens with zero attached hydrogens (tertiary/aromatic N) is 1. The number of aromatic nitrogens is 1. The number of halogens is 3. The van der Waals surface area contributed by atoms with E-state index >= 15 is 0 Å². The quantitative estimate of drug-likeness (QED) is 0.452. The Labute approximate surface area is 209 Å². The third-order valence-corrected chi connectivity index (χ3v) is 6.76.